The number of aromatic amines is 1. The number of nitrogens with one attached hydrogen (secondary N) is 1. The lowest BCUT2D eigenvalue weighted by molar-refractivity contribution is 0.387. The van der Waals surface area contributed by atoms with Gasteiger partial charge in [0.05, 0.1) is 5.56 Å². The third kappa shape index (κ3) is 1.35. The number of nitrogens with zero attached hydrogens (tertiary/aromatic N) is 1. The van der Waals surface area contributed by atoms with Crippen LogP contribution in [0.5, 0.6) is 0 Å². The van der Waals surface area contributed by atoms with Crippen molar-refractivity contribution in [2.24, 2.45) is 0 Å². The van der Waals surface area contributed by atoms with Gasteiger partial charge in [0.25, 0.3) is 0 Å². The summed E-state index contributed by atoms with van der Waals surface area (Å²) < 4.78 is 17.3. The molecule has 2 rings (SSSR count). The van der Waals surface area contributed by atoms with Gasteiger partial charge in [0.15, 0.2) is 5.82 Å². The molecule has 0 unspecified atom stereocenters. The lowest BCUT2D eigenvalue weighted by Gasteiger charge is -1.94. The number of H-pyrrole nitrogens is 1. The molecule has 0 atom stereocenters. The molecule has 0 aliphatic rings. The first kappa shape index (κ1) is 7.72. The van der Waals surface area contributed by atoms with Crippen LogP contribution in [0.3, 0.4) is 0 Å². The third-order valence-electron chi connectivity index (χ3n) is 1.57. The molecule has 1 aromatic heterocycles. The molecule has 0 saturated heterocycles. The number of benzene rings is 1. The molecule has 0 amide bonds. The van der Waals surface area contributed by atoms with Crippen molar-refractivity contribution in [2.75, 3.05) is 0 Å². The van der Waals surface area contributed by atoms with E-state index in [1.165, 1.54) is 12.1 Å². The van der Waals surface area contributed by atoms with Gasteiger partial charge >= 0.3 is 5.76 Å². The van der Waals surface area contributed by atoms with E-state index in [1.807, 2.05) is 0 Å². The first-order valence-corrected chi connectivity index (χ1v) is 3.58. The van der Waals surface area contributed by atoms with Gasteiger partial charge < -0.3 is 0 Å². The zero-order valence-corrected chi connectivity index (χ0v) is 6.45. The van der Waals surface area contributed by atoms with E-state index in [0.717, 1.165) is 0 Å². The number of aromatic nitrogens is 2. The lowest BCUT2D eigenvalue weighted by Crippen LogP contribution is -1.95. The van der Waals surface area contributed by atoms with Gasteiger partial charge in [0.1, 0.15) is 5.82 Å². The largest absolute Gasteiger partial charge is 0.439 e. The Morgan fingerprint density at radius 1 is 1.38 bits per heavy atom. The second-order valence-corrected chi connectivity index (χ2v) is 2.42. The Kier molecular flexibility index (Phi) is 1.70. The Balaban J connectivity index is 2.58. The molecule has 0 saturated carbocycles. The van der Waals surface area contributed by atoms with Crippen molar-refractivity contribution in [3.8, 4) is 11.4 Å². The molecule has 0 fully saturated rings. The fraction of sp³-hybridized carbons (Fsp3) is 0. The highest BCUT2D eigenvalue weighted by Gasteiger charge is 2.07. The Bertz CT molecular complexity index is 475. The van der Waals surface area contributed by atoms with E-state index in [9.17, 15) is 9.18 Å². The van der Waals surface area contributed by atoms with Crippen LogP contribution in [-0.2, 0) is 0 Å². The predicted octanol–water partition coefficient (Wildman–Crippen LogP) is 1.17. The zero-order chi connectivity index (χ0) is 9.26. The van der Waals surface area contributed by atoms with Gasteiger partial charge in [-0.2, -0.15) is 0 Å². The van der Waals surface area contributed by atoms with E-state index < -0.39 is 11.6 Å². The number of halogens is 1. The van der Waals surface area contributed by atoms with Crippen LogP contribution < -0.4 is 5.76 Å². The van der Waals surface area contributed by atoms with Crippen LogP contribution in [0.25, 0.3) is 11.4 Å². The molecule has 0 aliphatic heterocycles. The lowest BCUT2D eigenvalue weighted by atomic mass is 10.2. The molecule has 66 valence electrons. The van der Waals surface area contributed by atoms with Crippen molar-refractivity contribution in [1.29, 1.82) is 0 Å². The Labute approximate surface area is 72.0 Å². The van der Waals surface area contributed by atoms with Crippen LogP contribution in [0.15, 0.2) is 33.6 Å². The molecular weight excluding hydrogens is 175 g/mol. The molecule has 0 spiro atoms. The fourth-order valence-corrected chi connectivity index (χ4v) is 0.999. The van der Waals surface area contributed by atoms with Crippen molar-refractivity contribution in [3.63, 3.8) is 0 Å². The molecule has 0 bridgehead atoms. The Morgan fingerprint density at radius 2 is 2.15 bits per heavy atom. The van der Waals surface area contributed by atoms with Gasteiger partial charge in [0.2, 0.25) is 0 Å². The number of hydrogen-bond acceptors (Lipinski definition) is 3. The summed E-state index contributed by atoms with van der Waals surface area (Å²) in [5.41, 5.74) is 0.216. The summed E-state index contributed by atoms with van der Waals surface area (Å²) >= 11 is 0. The standard InChI is InChI=1S/C8H5FN2O2/c9-6-4-2-1-3-5(6)7-10-8(12)13-11-7/h1-4H,(H,10,11,12). The minimum atomic E-state index is -0.696. The van der Waals surface area contributed by atoms with Crippen molar-refractivity contribution in [3.05, 3.63) is 40.6 Å². The van der Waals surface area contributed by atoms with Crippen LogP contribution in [0.4, 0.5) is 4.39 Å². The van der Waals surface area contributed by atoms with Gasteiger partial charge in [-0.3, -0.25) is 9.51 Å². The summed E-state index contributed by atoms with van der Waals surface area (Å²) in [6, 6.07) is 5.98. The van der Waals surface area contributed by atoms with Crippen molar-refractivity contribution in [2.45, 2.75) is 0 Å². The predicted molar refractivity (Wildman–Crippen MR) is 42.5 cm³/mol. The van der Waals surface area contributed by atoms with Crippen LogP contribution in [0.1, 0.15) is 0 Å². The SMILES string of the molecule is O=c1[nH]c(-c2ccccc2F)no1. The van der Waals surface area contributed by atoms with Crippen LogP contribution in [0, 0.1) is 5.82 Å². The minimum Gasteiger partial charge on any atom is -0.296 e. The monoisotopic (exact) mass is 180 g/mol. The summed E-state index contributed by atoms with van der Waals surface area (Å²) in [4.78, 5) is 12.8. The van der Waals surface area contributed by atoms with Crippen LogP contribution in [0.2, 0.25) is 0 Å². The normalized spacial score (nSPS) is 10.2. The Morgan fingerprint density at radius 3 is 2.77 bits per heavy atom. The van der Waals surface area contributed by atoms with Gasteiger partial charge in [-0.15, -0.1) is 0 Å². The number of hydrogen-bond donors (Lipinski definition) is 1. The maximum atomic E-state index is 13.1. The second kappa shape index (κ2) is 2.85. The summed E-state index contributed by atoms with van der Waals surface area (Å²) in [5, 5.41) is 3.36. The molecule has 0 radical (unpaired) electrons. The third-order valence-corrected chi connectivity index (χ3v) is 1.57. The average Bonchev–Trinajstić information content (AvgIpc) is 2.53. The highest BCUT2D eigenvalue weighted by Crippen LogP contribution is 2.16. The van der Waals surface area contributed by atoms with Crippen molar-refractivity contribution < 1.29 is 8.91 Å². The molecule has 0 aliphatic carbocycles. The van der Waals surface area contributed by atoms with E-state index >= 15 is 0 Å². The Hall–Kier alpha value is -1.91. The molecule has 4 nitrogen and oxygen atoms in total. The topological polar surface area (TPSA) is 58.9 Å². The molecule has 1 heterocycles. The molecule has 2 aromatic rings. The first-order valence-electron chi connectivity index (χ1n) is 3.58. The average molecular weight is 180 g/mol. The molecular formula is C8H5FN2O2. The summed E-state index contributed by atoms with van der Waals surface area (Å²) in [7, 11) is 0. The van der Waals surface area contributed by atoms with E-state index in [2.05, 4.69) is 14.7 Å². The highest BCUT2D eigenvalue weighted by molar-refractivity contribution is 5.54. The zero-order valence-electron chi connectivity index (χ0n) is 6.45. The summed E-state index contributed by atoms with van der Waals surface area (Å²) in [6.07, 6.45) is 0. The first-order chi connectivity index (χ1) is 6.27. The van der Waals surface area contributed by atoms with E-state index in [-0.39, 0.29) is 11.4 Å². The molecule has 1 N–H and O–H groups in total. The number of rotatable bonds is 1. The van der Waals surface area contributed by atoms with E-state index in [4.69, 9.17) is 0 Å². The minimum absolute atomic E-state index is 0.100. The fourth-order valence-electron chi connectivity index (χ4n) is 0.999. The summed E-state index contributed by atoms with van der Waals surface area (Å²) in [6.45, 7) is 0. The highest BCUT2D eigenvalue weighted by atomic mass is 19.1. The van der Waals surface area contributed by atoms with Crippen LogP contribution in [-0.4, -0.2) is 10.1 Å². The van der Waals surface area contributed by atoms with Crippen molar-refractivity contribution >= 4 is 0 Å². The van der Waals surface area contributed by atoms with Gasteiger partial charge in [-0.25, -0.2) is 9.18 Å². The summed E-state index contributed by atoms with van der Waals surface area (Å²) in [5.74, 6) is -1.05. The van der Waals surface area contributed by atoms with E-state index in [0.29, 0.717) is 0 Å². The molecule has 1 aromatic carbocycles. The molecule has 5 heteroatoms. The second-order valence-electron chi connectivity index (χ2n) is 2.42. The molecule has 13 heavy (non-hydrogen) atoms. The van der Waals surface area contributed by atoms with E-state index in [1.54, 1.807) is 12.1 Å². The van der Waals surface area contributed by atoms with Crippen molar-refractivity contribution in [1.82, 2.24) is 10.1 Å². The van der Waals surface area contributed by atoms with Gasteiger partial charge in [0, 0.05) is 0 Å². The maximum Gasteiger partial charge on any atom is 0.439 e. The van der Waals surface area contributed by atoms with Gasteiger partial charge in [-0.05, 0) is 12.1 Å². The van der Waals surface area contributed by atoms with Gasteiger partial charge in [-0.1, -0.05) is 17.3 Å². The van der Waals surface area contributed by atoms with Crippen LogP contribution >= 0.6 is 0 Å². The quantitative estimate of drug-likeness (QED) is 0.716. The maximum absolute atomic E-state index is 13.1. The smallest absolute Gasteiger partial charge is 0.296 e.